The Bertz CT molecular complexity index is 1370. The summed E-state index contributed by atoms with van der Waals surface area (Å²) in [5.74, 6) is -0.0326. The fourth-order valence-electron chi connectivity index (χ4n) is 4.46. The third kappa shape index (κ3) is 3.38. The van der Waals surface area contributed by atoms with Crippen LogP contribution in [0.5, 0.6) is 0 Å². The summed E-state index contributed by atoms with van der Waals surface area (Å²) in [7, 11) is 0. The quantitative estimate of drug-likeness (QED) is 0.484. The maximum Gasteiger partial charge on any atom is 0.262 e. The Labute approximate surface area is 184 Å². The van der Waals surface area contributed by atoms with Gasteiger partial charge in [-0.05, 0) is 36.2 Å². The Hall–Kier alpha value is -3.80. The Morgan fingerprint density at radius 3 is 2.38 bits per heavy atom. The number of nitrogens with zero attached hydrogens (tertiary/aromatic N) is 3. The lowest BCUT2D eigenvalue weighted by atomic mass is 9.98. The highest BCUT2D eigenvalue weighted by molar-refractivity contribution is 5.83. The first-order chi connectivity index (χ1) is 15.5. The lowest BCUT2D eigenvalue weighted by Gasteiger charge is -2.40. The van der Waals surface area contributed by atoms with Gasteiger partial charge in [0.1, 0.15) is 17.7 Å². The number of aromatic nitrogens is 2. The van der Waals surface area contributed by atoms with Crippen LogP contribution < -0.4 is 5.56 Å². The molecular weight excluding hydrogens is 405 g/mol. The number of hydrogen-bond acceptors (Lipinski definition) is 3. The van der Waals surface area contributed by atoms with E-state index in [1.165, 1.54) is 10.6 Å². The second kappa shape index (κ2) is 8.04. The molecule has 1 aliphatic rings. The molecule has 0 spiro atoms. The van der Waals surface area contributed by atoms with Gasteiger partial charge in [0.15, 0.2) is 0 Å². The van der Waals surface area contributed by atoms with Gasteiger partial charge in [-0.25, -0.2) is 9.37 Å². The van der Waals surface area contributed by atoms with E-state index in [2.05, 4.69) is 0 Å². The van der Waals surface area contributed by atoms with Crippen LogP contribution in [0.25, 0.3) is 10.9 Å². The zero-order chi connectivity index (χ0) is 22.2. The number of hydrogen-bond donors (Lipinski definition) is 0. The molecule has 1 amide bonds. The summed E-state index contributed by atoms with van der Waals surface area (Å²) in [5, 5.41) is 0.469. The molecule has 4 aromatic rings. The lowest BCUT2D eigenvalue weighted by molar-refractivity contribution is -0.140. The van der Waals surface area contributed by atoms with Gasteiger partial charge in [0.2, 0.25) is 5.91 Å². The summed E-state index contributed by atoms with van der Waals surface area (Å²) in [6.45, 7) is 2.08. The molecule has 1 aromatic heterocycles. The molecular formula is C26H22FN3O2. The molecule has 0 fully saturated rings. The first-order valence-corrected chi connectivity index (χ1v) is 10.6. The van der Waals surface area contributed by atoms with Crippen molar-refractivity contribution >= 4 is 16.8 Å². The predicted molar refractivity (Wildman–Crippen MR) is 121 cm³/mol. The average Bonchev–Trinajstić information content (AvgIpc) is 2.81. The highest BCUT2D eigenvalue weighted by Crippen LogP contribution is 2.34. The van der Waals surface area contributed by atoms with Gasteiger partial charge in [-0.15, -0.1) is 0 Å². The number of carbonyl (C=O) groups excluding carboxylic acids is 1. The van der Waals surface area contributed by atoms with Crippen LogP contribution in [0, 0.1) is 5.82 Å². The Kier molecular flexibility index (Phi) is 5.05. The Balaban J connectivity index is 1.70. The van der Waals surface area contributed by atoms with Gasteiger partial charge in [-0.2, -0.15) is 0 Å². The van der Waals surface area contributed by atoms with Gasteiger partial charge >= 0.3 is 0 Å². The van der Waals surface area contributed by atoms with Crippen molar-refractivity contribution in [2.24, 2.45) is 0 Å². The van der Waals surface area contributed by atoms with Gasteiger partial charge in [0.25, 0.3) is 5.56 Å². The SMILES string of the molecule is C[C@H]1C(=O)N(Cc2ccccc2)[C@H](Cc2ccccc2F)c2nc3ccccc3c(=O)n21. The van der Waals surface area contributed by atoms with E-state index in [1.807, 2.05) is 36.4 Å². The summed E-state index contributed by atoms with van der Waals surface area (Å²) < 4.78 is 16.1. The highest BCUT2D eigenvalue weighted by Gasteiger charge is 2.39. The fourth-order valence-corrected chi connectivity index (χ4v) is 4.46. The summed E-state index contributed by atoms with van der Waals surface area (Å²) in [6.07, 6.45) is 0.225. The third-order valence-electron chi connectivity index (χ3n) is 6.10. The monoisotopic (exact) mass is 427 g/mol. The molecule has 3 aromatic carbocycles. The number of para-hydroxylation sites is 1. The standard InChI is InChI=1S/C26H22FN3O2/c1-17-25(31)29(16-18-9-3-2-4-10-18)23(15-19-11-5-7-13-21(19)27)24-28-22-14-8-6-12-20(22)26(32)30(17)24/h2-14,17,23H,15-16H2,1H3/t17-,23+/m0/s1. The molecule has 0 radical (unpaired) electrons. The summed E-state index contributed by atoms with van der Waals surface area (Å²) in [6, 6.07) is 22.0. The molecule has 0 bridgehead atoms. The second-order valence-electron chi connectivity index (χ2n) is 8.10. The van der Waals surface area contributed by atoms with Crippen LogP contribution in [0.2, 0.25) is 0 Å². The number of rotatable bonds is 4. The molecule has 0 saturated carbocycles. The van der Waals surface area contributed by atoms with E-state index in [0.717, 1.165) is 5.56 Å². The summed E-state index contributed by atoms with van der Waals surface area (Å²) >= 11 is 0. The van der Waals surface area contributed by atoms with Crippen LogP contribution in [0.15, 0.2) is 83.7 Å². The van der Waals surface area contributed by atoms with Crippen molar-refractivity contribution in [2.45, 2.75) is 32.0 Å². The van der Waals surface area contributed by atoms with Crippen molar-refractivity contribution in [3.8, 4) is 0 Å². The van der Waals surface area contributed by atoms with Crippen molar-refractivity contribution in [2.75, 3.05) is 0 Å². The first kappa shape index (κ1) is 20.1. The van der Waals surface area contributed by atoms with E-state index in [0.29, 0.717) is 28.8 Å². The molecule has 6 heteroatoms. The van der Waals surface area contributed by atoms with Crippen molar-refractivity contribution < 1.29 is 9.18 Å². The fraction of sp³-hybridized carbons (Fsp3) is 0.192. The lowest BCUT2D eigenvalue weighted by Crippen LogP contribution is -2.49. The van der Waals surface area contributed by atoms with Crippen molar-refractivity contribution in [3.63, 3.8) is 0 Å². The number of benzene rings is 3. The molecule has 5 nitrogen and oxygen atoms in total. The molecule has 0 unspecified atom stereocenters. The van der Waals surface area contributed by atoms with E-state index in [1.54, 1.807) is 48.2 Å². The van der Waals surface area contributed by atoms with Crippen LogP contribution in [0.1, 0.15) is 36.0 Å². The van der Waals surface area contributed by atoms with E-state index < -0.39 is 12.1 Å². The number of fused-ring (bicyclic) bond motifs is 2. The molecule has 160 valence electrons. The highest BCUT2D eigenvalue weighted by atomic mass is 19.1. The van der Waals surface area contributed by atoms with Crippen molar-refractivity contribution in [1.29, 1.82) is 0 Å². The molecule has 0 saturated heterocycles. The zero-order valence-corrected chi connectivity index (χ0v) is 17.6. The van der Waals surface area contributed by atoms with E-state index >= 15 is 0 Å². The van der Waals surface area contributed by atoms with Crippen LogP contribution >= 0.6 is 0 Å². The van der Waals surface area contributed by atoms with Crippen LogP contribution in [0.3, 0.4) is 0 Å². The van der Waals surface area contributed by atoms with Crippen LogP contribution in [-0.2, 0) is 17.8 Å². The maximum absolute atomic E-state index is 14.6. The summed E-state index contributed by atoms with van der Waals surface area (Å²) in [5.41, 5.74) is 1.77. The molecule has 2 heterocycles. The second-order valence-corrected chi connectivity index (χ2v) is 8.10. The van der Waals surface area contributed by atoms with Crippen molar-refractivity contribution in [3.05, 3.63) is 112 Å². The Morgan fingerprint density at radius 1 is 0.906 bits per heavy atom. The van der Waals surface area contributed by atoms with Gasteiger partial charge in [-0.3, -0.25) is 14.2 Å². The molecule has 2 atom stereocenters. The minimum absolute atomic E-state index is 0.179. The van der Waals surface area contributed by atoms with Crippen LogP contribution in [-0.4, -0.2) is 20.4 Å². The van der Waals surface area contributed by atoms with E-state index in [-0.39, 0.29) is 23.7 Å². The average molecular weight is 427 g/mol. The van der Waals surface area contributed by atoms with Gasteiger partial charge < -0.3 is 4.90 Å². The topological polar surface area (TPSA) is 55.2 Å². The first-order valence-electron chi connectivity index (χ1n) is 10.6. The van der Waals surface area contributed by atoms with E-state index in [9.17, 15) is 14.0 Å². The molecule has 5 rings (SSSR count). The minimum atomic E-state index is -0.699. The normalized spacial score (nSPS) is 18.1. The molecule has 1 aliphatic heterocycles. The van der Waals surface area contributed by atoms with Gasteiger partial charge in [0, 0.05) is 13.0 Å². The van der Waals surface area contributed by atoms with Crippen molar-refractivity contribution in [1.82, 2.24) is 14.5 Å². The molecule has 0 aliphatic carbocycles. The summed E-state index contributed by atoms with van der Waals surface area (Å²) in [4.78, 5) is 33.4. The predicted octanol–water partition coefficient (Wildman–Crippen LogP) is 4.42. The molecule has 32 heavy (non-hydrogen) atoms. The maximum atomic E-state index is 14.6. The van der Waals surface area contributed by atoms with Crippen LogP contribution in [0.4, 0.5) is 4.39 Å². The van der Waals surface area contributed by atoms with Gasteiger partial charge in [0.05, 0.1) is 16.9 Å². The van der Waals surface area contributed by atoms with Gasteiger partial charge in [-0.1, -0.05) is 60.7 Å². The smallest absolute Gasteiger partial charge is 0.262 e. The number of halogens is 1. The largest absolute Gasteiger partial charge is 0.326 e. The molecule has 0 N–H and O–H groups in total. The third-order valence-corrected chi connectivity index (χ3v) is 6.10. The Morgan fingerprint density at radius 2 is 1.59 bits per heavy atom. The number of carbonyl (C=O) groups is 1. The number of amides is 1. The van der Waals surface area contributed by atoms with E-state index in [4.69, 9.17) is 4.98 Å². The minimum Gasteiger partial charge on any atom is -0.326 e. The zero-order valence-electron chi connectivity index (χ0n) is 17.6.